The van der Waals surface area contributed by atoms with E-state index in [9.17, 15) is 15.0 Å². The van der Waals surface area contributed by atoms with Crippen LogP contribution in [0.15, 0.2) is 42.5 Å². The van der Waals surface area contributed by atoms with Gasteiger partial charge in [-0.1, -0.05) is 12.1 Å². The first-order valence-electron chi connectivity index (χ1n) is 6.16. The molecule has 0 atom stereocenters. The second-order valence-electron chi connectivity index (χ2n) is 4.42. The Hall–Kier alpha value is -2.53. The Morgan fingerprint density at radius 3 is 2.20 bits per heavy atom. The van der Waals surface area contributed by atoms with Crippen molar-refractivity contribution in [3.8, 4) is 11.5 Å². The normalized spacial score (nSPS) is 10.2. The highest BCUT2D eigenvalue weighted by molar-refractivity contribution is 6.04. The second kappa shape index (κ2) is 6.08. The third kappa shape index (κ3) is 3.49. The average molecular weight is 272 g/mol. The monoisotopic (exact) mass is 272 g/mol. The van der Waals surface area contributed by atoms with Crippen LogP contribution in [-0.4, -0.2) is 23.2 Å². The fraction of sp³-hybridized carbons (Fsp3) is 0.133. The molecule has 0 aliphatic carbocycles. The van der Waals surface area contributed by atoms with Gasteiger partial charge in [0.2, 0.25) is 0 Å². The zero-order valence-corrected chi connectivity index (χ0v) is 11.1. The Morgan fingerprint density at radius 1 is 1.05 bits per heavy atom. The molecule has 0 aliphatic heterocycles. The van der Waals surface area contributed by atoms with Crippen LogP contribution in [0.1, 0.15) is 15.9 Å². The molecule has 0 saturated carbocycles. The molecule has 0 bridgehead atoms. The molecule has 0 unspecified atom stereocenters. The van der Waals surface area contributed by atoms with Gasteiger partial charge in [0.05, 0.1) is 0 Å². The van der Waals surface area contributed by atoms with E-state index in [0.717, 1.165) is 12.1 Å². The lowest BCUT2D eigenvalue weighted by Gasteiger charge is -2.07. The maximum atomic E-state index is 12.0. The predicted molar refractivity (Wildman–Crippen MR) is 76.9 cm³/mol. The third-order valence-corrected chi connectivity index (χ3v) is 2.76. The van der Waals surface area contributed by atoms with Crippen molar-refractivity contribution in [3.63, 3.8) is 0 Å². The summed E-state index contributed by atoms with van der Waals surface area (Å²) in [5.74, 6) is -0.698. The molecule has 4 N–H and O–H groups in total. The van der Waals surface area contributed by atoms with Crippen molar-refractivity contribution in [2.45, 2.75) is 6.54 Å². The number of carbonyl (C=O) groups is 1. The minimum absolute atomic E-state index is 0.153. The molecule has 20 heavy (non-hydrogen) atoms. The van der Waals surface area contributed by atoms with Gasteiger partial charge in [0.15, 0.2) is 0 Å². The van der Waals surface area contributed by atoms with Crippen LogP contribution in [0.5, 0.6) is 11.5 Å². The number of phenolic OH excluding ortho intramolecular Hbond substituents is 2. The van der Waals surface area contributed by atoms with E-state index in [1.54, 1.807) is 12.1 Å². The van der Waals surface area contributed by atoms with Crippen molar-refractivity contribution in [3.05, 3.63) is 53.6 Å². The van der Waals surface area contributed by atoms with Gasteiger partial charge in [-0.25, -0.2) is 0 Å². The number of hydrogen-bond donors (Lipinski definition) is 4. The van der Waals surface area contributed by atoms with E-state index in [2.05, 4.69) is 10.6 Å². The summed E-state index contributed by atoms with van der Waals surface area (Å²) >= 11 is 0. The molecule has 5 heteroatoms. The number of amides is 1. The molecule has 2 aromatic rings. The van der Waals surface area contributed by atoms with Crippen LogP contribution in [0, 0.1) is 0 Å². The van der Waals surface area contributed by atoms with Crippen LogP contribution in [0.4, 0.5) is 5.69 Å². The highest BCUT2D eigenvalue weighted by atomic mass is 16.3. The lowest BCUT2D eigenvalue weighted by molar-refractivity contribution is 0.102. The highest BCUT2D eigenvalue weighted by Crippen LogP contribution is 2.21. The first kappa shape index (κ1) is 13.9. The summed E-state index contributed by atoms with van der Waals surface area (Å²) < 4.78 is 0. The molecule has 104 valence electrons. The summed E-state index contributed by atoms with van der Waals surface area (Å²) in [6.07, 6.45) is 0. The molecule has 0 aliphatic rings. The minimum atomic E-state index is -0.391. The van der Waals surface area contributed by atoms with E-state index in [-0.39, 0.29) is 17.1 Å². The van der Waals surface area contributed by atoms with Gasteiger partial charge in [-0.3, -0.25) is 4.79 Å². The molecule has 0 fully saturated rings. The highest BCUT2D eigenvalue weighted by Gasteiger charge is 2.08. The molecular weight excluding hydrogens is 256 g/mol. The summed E-state index contributed by atoms with van der Waals surface area (Å²) in [5, 5.41) is 24.5. The largest absolute Gasteiger partial charge is 0.508 e. The van der Waals surface area contributed by atoms with E-state index in [1.807, 2.05) is 19.2 Å². The molecule has 0 heterocycles. The molecule has 0 aromatic heterocycles. The number of nitrogens with one attached hydrogen (secondary N) is 2. The SMILES string of the molecule is CNCc1ccc(NC(=O)c2cc(O)cc(O)c2)cc1. The van der Waals surface area contributed by atoms with Crippen LogP contribution in [0.3, 0.4) is 0 Å². The molecule has 0 spiro atoms. The quantitative estimate of drug-likeness (QED) is 0.687. The summed E-state index contributed by atoms with van der Waals surface area (Å²) in [6, 6.07) is 11.2. The zero-order valence-electron chi connectivity index (χ0n) is 11.1. The summed E-state index contributed by atoms with van der Waals surface area (Å²) in [6.45, 7) is 0.759. The van der Waals surface area contributed by atoms with E-state index in [4.69, 9.17) is 0 Å². The summed E-state index contributed by atoms with van der Waals surface area (Å²) in [5.41, 5.74) is 1.96. The fourth-order valence-corrected chi connectivity index (χ4v) is 1.84. The van der Waals surface area contributed by atoms with Crippen molar-refractivity contribution in [1.29, 1.82) is 0 Å². The molecule has 0 saturated heterocycles. The van der Waals surface area contributed by atoms with E-state index >= 15 is 0 Å². The van der Waals surface area contributed by atoms with Crippen molar-refractivity contribution in [2.24, 2.45) is 0 Å². The van der Waals surface area contributed by atoms with Gasteiger partial charge in [-0.2, -0.15) is 0 Å². The smallest absolute Gasteiger partial charge is 0.255 e. The lowest BCUT2D eigenvalue weighted by atomic mass is 10.1. The zero-order chi connectivity index (χ0) is 14.5. The number of carbonyl (C=O) groups excluding carboxylic acids is 1. The lowest BCUT2D eigenvalue weighted by Crippen LogP contribution is -2.12. The van der Waals surface area contributed by atoms with E-state index in [1.165, 1.54) is 18.2 Å². The van der Waals surface area contributed by atoms with E-state index in [0.29, 0.717) is 5.69 Å². The van der Waals surface area contributed by atoms with Gasteiger partial charge in [0.1, 0.15) is 11.5 Å². The molecular formula is C15H16N2O3. The van der Waals surface area contributed by atoms with Crippen LogP contribution in [-0.2, 0) is 6.54 Å². The van der Waals surface area contributed by atoms with Crippen molar-refractivity contribution >= 4 is 11.6 Å². The number of phenols is 2. The summed E-state index contributed by atoms with van der Waals surface area (Å²) in [7, 11) is 1.87. The first-order valence-corrected chi connectivity index (χ1v) is 6.16. The van der Waals surface area contributed by atoms with Gasteiger partial charge >= 0.3 is 0 Å². The molecule has 0 radical (unpaired) electrons. The number of hydrogen-bond acceptors (Lipinski definition) is 4. The van der Waals surface area contributed by atoms with Crippen LogP contribution < -0.4 is 10.6 Å². The average Bonchev–Trinajstić information content (AvgIpc) is 2.40. The molecule has 1 amide bonds. The maximum absolute atomic E-state index is 12.0. The minimum Gasteiger partial charge on any atom is -0.508 e. The third-order valence-electron chi connectivity index (χ3n) is 2.76. The van der Waals surface area contributed by atoms with Crippen LogP contribution in [0.25, 0.3) is 0 Å². The Labute approximate surface area is 116 Å². The topological polar surface area (TPSA) is 81.6 Å². The standard InChI is InChI=1S/C15H16N2O3/c1-16-9-10-2-4-12(5-3-10)17-15(20)11-6-13(18)8-14(19)7-11/h2-8,16,18-19H,9H2,1H3,(H,17,20). The Bertz CT molecular complexity index is 589. The molecule has 5 nitrogen and oxygen atoms in total. The fourth-order valence-electron chi connectivity index (χ4n) is 1.84. The van der Waals surface area contributed by atoms with Gasteiger partial charge in [0, 0.05) is 23.9 Å². The van der Waals surface area contributed by atoms with E-state index < -0.39 is 5.91 Å². The number of rotatable bonds is 4. The van der Waals surface area contributed by atoms with Crippen LogP contribution in [0.2, 0.25) is 0 Å². The van der Waals surface area contributed by atoms with Gasteiger partial charge in [-0.15, -0.1) is 0 Å². The van der Waals surface area contributed by atoms with Gasteiger partial charge in [-0.05, 0) is 36.9 Å². The Balaban J connectivity index is 2.10. The van der Waals surface area contributed by atoms with Crippen LogP contribution >= 0.6 is 0 Å². The van der Waals surface area contributed by atoms with Crippen molar-refractivity contribution in [1.82, 2.24) is 5.32 Å². The first-order chi connectivity index (χ1) is 9.58. The van der Waals surface area contributed by atoms with Crippen molar-refractivity contribution in [2.75, 3.05) is 12.4 Å². The van der Waals surface area contributed by atoms with Gasteiger partial charge < -0.3 is 20.8 Å². The number of benzene rings is 2. The number of anilines is 1. The van der Waals surface area contributed by atoms with Crippen molar-refractivity contribution < 1.29 is 15.0 Å². The Kier molecular flexibility index (Phi) is 4.22. The van der Waals surface area contributed by atoms with Gasteiger partial charge in [0.25, 0.3) is 5.91 Å². The predicted octanol–water partition coefficient (Wildman–Crippen LogP) is 2.07. The maximum Gasteiger partial charge on any atom is 0.255 e. The Morgan fingerprint density at radius 2 is 1.65 bits per heavy atom. The molecule has 2 rings (SSSR count). The summed E-state index contributed by atoms with van der Waals surface area (Å²) in [4.78, 5) is 12.0. The number of aromatic hydroxyl groups is 2. The second-order valence-corrected chi connectivity index (χ2v) is 4.42. The molecule has 2 aromatic carbocycles.